The molecule has 4 nitrogen and oxygen atoms in total. The molecule has 0 fully saturated rings. The standard InChI is InChI=1S/C18H22N2O2/c1-3-18(4-2)10-9-13-7-5-6-8-14(13)16(18)20-12-19-11-15(20)17(21)22/h5-8,11-12,16H,3-4,9-10H2,1-2H3,(H,21,22). The number of hydrogen-bond acceptors (Lipinski definition) is 2. The number of carboxylic acid groups (broad SMARTS) is 1. The fraction of sp³-hybridized carbons (Fsp3) is 0.444. The van der Waals surface area contributed by atoms with Crippen LogP contribution in [0.4, 0.5) is 0 Å². The number of rotatable bonds is 4. The molecular formula is C18H22N2O2. The van der Waals surface area contributed by atoms with Crippen LogP contribution < -0.4 is 0 Å². The van der Waals surface area contributed by atoms with Crippen LogP contribution in [-0.4, -0.2) is 20.6 Å². The minimum absolute atomic E-state index is 0.0426. The summed E-state index contributed by atoms with van der Waals surface area (Å²) in [6.45, 7) is 4.42. The van der Waals surface area contributed by atoms with Crippen LogP contribution in [0.2, 0.25) is 0 Å². The van der Waals surface area contributed by atoms with Crippen molar-refractivity contribution < 1.29 is 9.90 Å². The van der Waals surface area contributed by atoms with E-state index in [2.05, 4.69) is 37.0 Å². The lowest BCUT2D eigenvalue weighted by molar-refractivity contribution is 0.0670. The third kappa shape index (κ3) is 2.14. The van der Waals surface area contributed by atoms with Gasteiger partial charge in [-0.1, -0.05) is 38.1 Å². The monoisotopic (exact) mass is 298 g/mol. The summed E-state index contributed by atoms with van der Waals surface area (Å²) in [5.41, 5.74) is 2.93. The van der Waals surface area contributed by atoms with Gasteiger partial charge in [0.05, 0.1) is 18.6 Å². The van der Waals surface area contributed by atoms with Crippen LogP contribution in [0.5, 0.6) is 0 Å². The molecule has 0 amide bonds. The van der Waals surface area contributed by atoms with Gasteiger partial charge in [0, 0.05) is 0 Å². The Bertz CT molecular complexity index is 686. The van der Waals surface area contributed by atoms with Crippen LogP contribution >= 0.6 is 0 Å². The highest BCUT2D eigenvalue weighted by molar-refractivity contribution is 5.85. The highest BCUT2D eigenvalue weighted by atomic mass is 16.4. The van der Waals surface area contributed by atoms with Gasteiger partial charge in [0.25, 0.3) is 0 Å². The first-order valence-corrected chi connectivity index (χ1v) is 7.96. The van der Waals surface area contributed by atoms with E-state index in [1.807, 2.05) is 10.6 Å². The molecule has 1 unspecified atom stereocenters. The molecule has 1 atom stereocenters. The third-order valence-corrected chi connectivity index (χ3v) is 5.39. The Labute approximate surface area is 130 Å². The summed E-state index contributed by atoms with van der Waals surface area (Å²) in [6.07, 6.45) is 7.33. The summed E-state index contributed by atoms with van der Waals surface area (Å²) in [5.74, 6) is -0.915. The van der Waals surface area contributed by atoms with Gasteiger partial charge in [0.2, 0.25) is 0 Å². The predicted molar refractivity (Wildman–Crippen MR) is 85.1 cm³/mol. The SMILES string of the molecule is CCC1(CC)CCc2ccccc2C1n1cncc1C(=O)O. The van der Waals surface area contributed by atoms with E-state index in [0.29, 0.717) is 0 Å². The zero-order chi connectivity index (χ0) is 15.7. The first kappa shape index (κ1) is 14.8. The molecule has 4 heteroatoms. The first-order chi connectivity index (χ1) is 10.6. The number of aryl methyl sites for hydroxylation is 1. The Hall–Kier alpha value is -2.10. The molecule has 2 aromatic rings. The number of carboxylic acids is 1. The summed E-state index contributed by atoms with van der Waals surface area (Å²) in [6, 6.07) is 8.46. The lowest BCUT2D eigenvalue weighted by Crippen LogP contribution is -2.38. The second-order valence-electron chi connectivity index (χ2n) is 6.16. The van der Waals surface area contributed by atoms with Crippen LogP contribution in [0, 0.1) is 5.41 Å². The number of hydrogen-bond donors (Lipinski definition) is 1. The molecule has 1 aromatic carbocycles. The van der Waals surface area contributed by atoms with Crippen LogP contribution in [0.15, 0.2) is 36.8 Å². The minimum Gasteiger partial charge on any atom is -0.477 e. The van der Waals surface area contributed by atoms with Crippen molar-refractivity contribution in [2.75, 3.05) is 0 Å². The maximum atomic E-state index is 11.6. The van der Waals surface area contributed by atoms with Crippen molar-refractivity contribution in [3.8, 4) is 0 Å². The number of aromatic nitrogens is 2. The normalized spacial score (nSPS) is 19.6. The lowest BCUT2D eigenvalue weighted by atomic mass is 9.64. The molecule has 3 rings (SSSR count). The highest BCUT2D eigenvalue weighted by Gasteiger charge is 2.42. The summed E-state index contributed by atoms with van der Waals surface area (Å²) in [5, 5.41) is 9.49. The van der Waals surface area contributed by atoms with E-state index >= 15 is 0 Å². The Balaban J connectivity index is 2.22. The van der Waals surface area contributed by atoms with E-state index in [9.17, 15) is 9.90 Å². The topological polar surface area (TPSA) is 55.1 Å². The summed E-state index contributed by atoms with van der Waals surface area (Å²) < 4.78 is 1.87. The Morgan fingerprint density at radius 2 is 2.09 bits per heavy atom. The summed E-state index contributed by atoms with van der Waals surface area (Å²) in [7, 11) is 0. The van der Waals surface area contributed by atoms with Crippen LogP contribution in [0.3, 0.4) is 0 Å². The molecule has 0 spiro atoms. The molecule has 0 radical (unpaired) electrons. The molecule has 116 valence electrons. The molecule has 0 aliphatic heterocycles. The van der Waals surface area contributed by atoms with Crippen molar-refractivity contribution >= 4 is 5.97 Å². The van der Waals surface area contributed by atoms with Gasteiger partial charge in [0.1, 0.15) is 5.69 Å². The Morgan fingerprint density at radius 3 is 2.77 bits per heavy atom. The third-order valence-electron chi connectivity index (χ3n) is 5.39. The van der Waals surface area contributed by atoms with Crippen LogP contribution in [0.1, 0.15) is 60.8 Å². The number of nitrogens with zero attached hydrogens (tertiary/aromatic N) is 2. The fourth-order valence-electron chi connectivity index (χ4n) is 3.99. The summed E-state index contributed by atoms with van der Waals surface area (Å²) >= 11 is 0. The van der Waals surface area contributed by atoms with Crippen molar-refractivity contribution in [3.05, 3.63) is 53.6 Å². The van der Waals surface area contributed by atoms with E-state index < -0.39 is 5.97 Å². The second kappa shape index (κ2) is 5.59. The molecule has 0 saturated heterocycles. The maximum Gasteiger partial charge on any atom is 0.354 e. The van der Waals surface area contributed by atoms with Gasteiger partial charge in [-0.2, -0.15) is 0 Å². The molecule has 22 heavy (non-hydrogen) atoms. The molecule has 1 aliphatic rings. The van der Waals surface area contributed by atoms with Gasteiger partial charge in [-0.25, -0.2) is 9.78 Å². The van der Waals surface area contributed by atoms with E-state index in [-0.39, 0.29) is 17.2 Å². The zero-order valence-electron chi connectivity index (χ0n) is 13.1. The fourth-order valence-corrected chi connectivity index (χ4v) is 3.99. The highest BCUT2D eigenvalue weighted by Crippen LogP contribution is 2.51. The number of fused-ring (bicyclic) bond motifs is 1. The quantitative estimate of drug-likeness (QED) is 0.930. The van der Waals surface area contributed by atoms with Crippen LogP contribution in [-0.2, 0) is 6.42 Å². The van der Waals surface area contributed by atoms with Crippen molar-refractivity contribution in [1.82, 2.24) is 9.55 Å². The zero-order valence-corrected chi connectivity index (χ0v) is 13.1. The Morgan fingerprint density at radius 1 is 1.36 bits per heavy atom. The molecular weight excluding hydrogens is 276 g/mol. The van der Waals surface area contributed by atoms with Gasteiger partial charge in [-0.15, -0.1) is 0 Å². The van der Waals surface area contributed by atoms with Gasteiger partial charge >= 0.3 is 5.97 Å². The average molecular weight is 298 g/mol. The number of carbonyl (C=O) groups is 1. The van der Waals surface area contributed by atoms with E-state index in [0.717, 1.165) is 25.7 Å². The largest absolute Gasteiger partial charge is 0.477 e. The van der Waals surface area contributed by atoms with Gasteiger partial charge < -0.3 is 9.67 Å². The smallest absolute Gasteiger partial charge is 0.354 e. The molecule has 1 N–H and O–H groups in total. The molecule has 0 saturated carbocycles. The maximum absolute atomic E-state index is 11.6. The molecule has 1 aromatic heterocycles. The first-order valence-electron chi connectivity index (χ1n) is 7.96. The molecule has 1 aliphatic carbocycles. The minimum atomic E-state index is -0.915. The van der Waals surface area contributed by atoms with Crippen LogP contribution in [0.25, 0.3) is 0 Å². The van der Waals surface area contributed by atoms with Gasteiger partial charge in [0.15, 0.2) is 0 Å². The van der Waals surface area contributed by atoms with E-state index in [1.165, 1.54) is 17.3 Å². The van der Waals surface area contributed by atoms with Crippen molar-refractivity contribution in [2.45, 2.75) is 45.6 Å². The van der Waals surface area contributed by atoms with Crippen molar-refractivity contribution in [1.29, 1.82) is 0 Å². The predicted octanol–water partition coefficient (Wildman–Crippen LogP) is 3.92. The van der Waals surface area contributed by atoms with Gasteiger partial charge in [-0.05, 0) is 42.2 Å². The molecule has 1 heterocycles. The number of imidazole rings is 1. The van der Waals surface area contributed by atoms with E-state index in [1.54, 1.807) is 6.33 Å². The van der Waals surface area contributed by atoms with Crippen molar-refractivity contribution in [2.24, 2.45) is 5.41 Å². The number of aromatic carboxylic acids is 1. The average Bonchev–Trinajstić information content (AvgIpc) is 3.03. The second-order valence-corrected chi connectivity index (χ2v) is 6.16. The lowest BCUT2D eigenvalue weighted by Gasteiger charge is -2.45. The van der Waals surface area contributed by atoms with Crippen molar-refractivity contribution in [3.63, 3.8) is 0 Å². The van der Waals surface area contributed by atoms with Gasteiger partial charge in [-0.3, -0.25) is 0 Å². The van der Waals surface area contributed by atoms with E-state index in [4.69, 9.17) is 0 Å². The number of benzene rings is 1. The Kier molecular flexibility index (Phi) is 3.77. The molecule has 0 bridgehead atoms. The summed E-state index contributed by atoms with van der Waals surface area (Å²) in [4.78, 5) is 15.7.